The average molecular weight is 463 g/mol. The lowest BCUT2D eigenvalue weighted by atomic mass is 10.0. The van der Waals surface area contributed by atoms with Crippen LogP contribution in [0.15, 0.2) is 30.3 Å². The van der Waals surface area contributed by atoms with Crippen molar-refractivity contribution in [3.8, 4) is 0 Å². The summed E-state index contributed by atoms with van der Waals surface area (Å²) in [6, 6.07) is 10.5. The van der Waals surface area contributed by atoms with E-state index < -0.39 is 0 Å². The van der Waals surface area contributed by atoms with Gasteiger partial charge in [-0.3, -0.25) is 9.69 Å². The van der Waals surface area contributed by atoms with E-state index in [2.05, 4.69) is 67.2 Å². The molecule has 0 spiro atoms. The van der Waals surface area contributed by atoms with Crippen molar-refractivity contribution in [1.29, 1.82) is 0 Å². The van der Waals surface area contributed by atoms with Crippen molar-refractivity contribution in [3.05, 3.63) is 63.8 Å². The summed E-state index contributed by atoms with van der Waals surface area (Å²) < 4.78 is 5.17. The Bertz CT molecular complexity index is 1140. The van der Waals surface area contributed by atoms with Crippen molar-refractivity contribution in [2.24, 2.45) is 0 Å². The standard InChI is InChI=1S/C28H38N4O2/c1-19-8-6-9-20(2)25(19)18-29-26-17-23(16-24-21(3)22(4)30-27(24)26)28(33)32-13-11-31(12-14-32)10-7-15-34-5/h6,8-9,16-17,29-30H,7,10-15,18H2,1-5H3. The number of nitrogens with zero attached hydrogens (tertiary/aromatic N) is 2. The normalized spacial score (nSPS) is 14.7. The molecule has 182 valence electrons. The van der Waals surface area contributed by atoms with Crippen LogP contribution in [0.2, 0.25) is 0 Å². The molecule has 0 radical (unpaired) electrons. The third-order valence-corrected chi connectivity index (χ3v) is 7.25. The number of hydrogen-bond acceptors (Lipinski definition) is 4. The number of piperazine rings is 1. The number of benzene rings is 2. The zero-order valence-corrected chi connectivity index (χ0v) is 21.3. The Morgan fingerprint density at radius 2 is 1.76 bits per heavy atom. The number of carbonyl (C=O) groups is 1. The molecular formula is C28H38N4O2. The molecule has 34 heavy (non-hydrogen) atoms. The Morgan fingerprint density at radius 1 is 1.06 bits per heavy atom. The number of nitrogens with one attached hydrogen (secondary N) is 2. The highest BCUT2D eigenvalue weighted by atomic mass is 16.5. The molecular weight excluding hydrogens is 424 g/mol. The first-order valence-electron chi connectivity index (χ1n) is 12.3. The van der Waals surface area contributed by atoms with Crippen LogP contribution in [0.5, 0.6) is 0 Å². The maximum atomic E-state index is 13.5. The molecule has 0 bridgehead atoms. The van der Waals surface area contributed by atoms with Crippen LogP contribution in [0.4, 0.5) is 5.69 Å². The molecule has 6 heteroatoms. The largest absolute Gasteiger partial charge is 0.385 e. The first kappa shape index (κ1) is 24.3. The number of H-pyrrole nitrogens is 1. The molecule has 1 aromatic heterocycles. The summed E-state index contributed by atoms with van der Waals surface area (Å²) in [5.41, 5.74) is 9.00. The van der Waals surface area contributed by atoms with Crippen LogP contribution >= 0.6 is 0 Å². The number of aromatic nitrogens is 1. The fraction of sp³-hybridized carbons (Fsp3) is 0.464. The van der Waals surface area contributed by atoms with E-state index in [1.807, 2.05) is 11.0 Å². The highest BCUT2D eigenvalue weighted by Crippen LogP contribution is 2.31. The fourth-order valence-corrected chi connectivity index (χ4v) is 4.92. The van der Waals surface area contributed by atoms with Gasteiger partial charge in [-0.25, -0.2) is 0 Å². The Labute approximate surface area is 203 Å². The Hall–Kier alpha value is -2.83. The minimum atomic E-state index is 0.117. The van der Waals surface area contributed by atoms with Crippen LogP contribution in [0, 0.1) is 27.7 Å². The molecule has 0 aliphatic carbocycles. The molecule has 0 saturated carbocycles. The molecule has 2 N–H and O–H groups in total. The van der Waals surface area contributed by atoms with Gasteiger partial charge in [0.25, 0.3) is 5.91 Å². The number of carbonyl (C=O) groups excluding carboxylic acids is 1. The van der Waals surface area contributed by atoms with E-state index in [4.69, 9.17) is 4.74 Å². The van der Waals surface area contributed by atoms with E-state index in [9.17, 15) is 4.79 Å². The van der Waals surface area contributed by atoms with Gasteiger partial charge in [0.15, 0.2) is 0 Å². The van der Waals surface area contributed by atoms with Crippen molar-refractivity contribution < 1.29 is 9.53 Å². The van der Waals surface area contributed by atoms with Crippen LogP contribution in [0.3, 0.4) is 0 Å². The van der Waals surface area contributed by atoms with Crippen LogP contribution in [-0.4, -0.2) is 67.1 Å². The minimum absolute atomic E-state index is 0.117. The number of methoxy groups -OCH3 is 1. The van der Waals surface area contributed by atoms with Gasteiger partial charge in [-0.15, -0.1) is 0 Å². The highest BCUT2D eigenvalue weighted by molar-refractivity contribution is 6.03. The molecule has 0 atom stereocenters. The molecule has 6 nitrogen and oxygen atoms in total. The maximum Gasteiger partial charge on any atom is 0.254 e. The van der Waals surface area contributed by atoms with Gasteiger partial charge in [0.1, 0.15) is 0 Å². The molecule has 1 aliphatic rings. The van der Waals surface area contributed by atoms with Gasteiger partial charge in [0, 0.05) is 69.6 Å². The van der Waals surface area contributed by atoms with Gasteiger partial charge in [-0.2, -0.15) is 0 Å². The van der Waals surface area contributed by atoms with E-state index in [-0.39, 0.29) is 5.91 Å². The van der Waals surface area contributed by atoms with E-state index in [0.717, 1.165) is 80.1 Å². The maximum absolute atomic E-state index is 13.5. The second-order valence-corrected chi connectivity index (χ2v) is 9.53. The second kappa shape index (κ2) is 10.6. The molecule has 4 rings (SSSR count). The van der Waals surface area contributed by atoms with Crippen molar-refractivity contribution in [3.63, 3.8) is 0 Å². The average Bonchev–Trinajstić information content (AvgIpc) is 3.12. The first-order valence-corrected chi connectivity index (χ1v) is 12.3. The summed E-state index contributed by atoms with van der Waals surface area (Å²) in [6.45, 7) is 14.4. The number of amides is 1. The van der Waals surface area contributed by atoms with Gasteiger partial charge < -0.3 is 19.9 Å². The Morgan fingerprint density at radius 3 is 2.44 bits per heavy atom. The molecule has 1 saturated heterocycles. The molecule has 2 aromatic carbocycles. The van der Waals surface area contributed by atoms with Crippen LogP contribution in [0.25, 0.3) is 10.9 Å². The van der Waals surface area contributed by atoms with Crippen LogP contribution in [-0.2, 0) is 11.3 Å². The predicted octanol–water partition coefficient (Wildman–Crippen LogP) is 4.81. The Balaban J connectivity index is 1.55. The first-order chi connectivity index (χ1) is 16.4. The summed E-state index contributed by atoms with van der Waals surface area (Å²) in [5, 5.41) is 4.75. The number of anilines is 1. The highest BCUT2D eigenvalue weighted by Gasteiger charge is 2.23. The molecule has 1 aliphatic heterocycles. The quantitative estimate of drug-likeness (QED) is 0.472. The summed E-state index contributed by atoms with van der Waals surface area (Å²) in [7, 11) is 1.74. The molecule has 3 aromatic rings. The van der Waals surface area contributed by atoms with Gasteiger partial charge in [-0.1, -0.05) is 18.2 Å². The van der Waals surface area contributed by atoms with E-state index in [1.165, 1.54) is 22.3 Å². The Kier molecular flexibility index (Phi) is 7.59. The number of fused-ring (bicyclic) bond motifs is 1. The van der Waals surface area contributed by atoms with Gasteiger partial charge in [0.2, 0.25) is 0 Å². The number of rotatable bonds is 8. The molecule has 1 fully saturated rings. The summed E-state index contributed by atoms with van der Waals surface area (Å²) in [6.07, 6.45) is 1.03. The smallest absolute Gasteiger partial charge is 0.254 e. The van der Waals surface area contributed by atoms with Crippen molar-refractivity contribution in [2.45, 2.75) is 40.7 Å². The van der Waals surface area contributed by atoms with Gasteiger partial charge >= 0.3 is 0 Å². The number of aryl methyl sites for hydroxylation is 4. The minimum Gasteiger partial charge on any atom is -0.385 e. The number of hydrogen-bond donors (Lipinski definition) is 2. The van der Waals surface area contributed by atoms with Crippen LogP contribution in [0.1, 0.15) is 44.7 Å². The zero-order chi connectivity index (χ0) is 24.2. The SMILES string of the molecule is COCCCN1CCN(C(=O)c2cc(NCc3c(C)cccc3C)c3[nH]c(C)c(C)c3c2)CC1. The molecule has 0 unspecified atom stereocenters. The van der Waals surface area contributed by atoms with Crippen LogP contribution < -0.4 is 5.32 Å². The predicted molar refractivity (Wildman–Crippen MR) is 140 cm³/mol. The summed E-state index contributed by atoms with van der Waals surface area (Å²) in [5.74, 6) is 0.117. The lowest BCUT2D eigenvalue weighted by Gasteiger charge is -2.34. The number of ether oxygens (including phenoxy) is 1. The van der Waals surface area contributed by atoms with Gasteiger partial charge in [-0.05, 0) is 68.5 Å². The van der Waals surface area contributed by atoms with Crippen molar-refractivity contribution in [2.75, 3.05) is 51.8 Å². The lowest BCUT2D eigenvalue weighted by molar-refractivity contribution is 0.0624. The van der Waals surface area contributed by atoms with Crippen molar-refractivity contribution in [1.82, 2.24) is 14.8 Å². The zero-order valence-electron chi connectivity index (χ0n) is 21.3. The fourth-order valence-electron chi connectivity index (χ4n) is 4.92. The summed E-state index contributed by atoms with van der Waals surface area (Å²) >= 11 is 0. The van der Waals surface area contributed by atoms with Gasteiger partial charge in [0.05, 0.1) is 11.2 Å². The topological polar surface area (TPSA) is 60.6 Å². The van der Waals surface area contributed by atoms with E-state index >= 15 is 0 Å². The summed E-state index contributed by atoms with van der Waals surface area (Å²) in [4.78, 5) is 21.5. The lowest BCUT2D eigenvalue weighted by Crippen LogP contribution is -2.49. The van der Waals surface area contributed by atoms with Crippen molar-refractivity contribution >= 4 is 22.5 Å². The third kappa shape index (κ3) is 5.13. The molecule has 1 amide bonds. The molecule has 2 heterocycles. The number of aromatic amines is 1. The monoisotopic (exact) mass is 462 g/mol. The second-order valence-electron chi connectivity index (χ2n) is 9.53. The van der Waals surface area contributed by atoms with E-state index in [0.29, 0.717) is 0 Å². The van der Waals surface area contributed by atoms with E-state index in [1.54, 1.807) is 7.11 Å². The third-order valence-electron chi connectivity index (χ3n) is 7.25.